The standard InChI is InChI=1S/C18H17N5O2/c24-16-11-12-3-1-2-4-15(12)17(16)21-18(25)20-13-5-7-14(8-6-13)23-10-9-19-22-23/h1-10,16-17,24H,11H2,(H2,20,21,25). The topological polar surface area (TPSA) is 92.1 Å². The van der Waals surface area contributed by atoms with Gasteiger partial charge in [-0.05, 0) is 35.4 Å². The van der Waals surface area contributed by atoms with Crippen molar-refractivity contribution in [3.05, 3.63) is 72.1 Å². The fourth-order valence-corrected chi connectivity index (χ4v) is 3.10. The number of amides is 2. The van der Waals surface area contributed by atoms with Crippen LogP contribution >= 0.6 is 0 Å². The van der Waals surface area contributed by atoms with Gasteiger partial charge >= 0.3 is 6.03 Å². The van der Waals surface area contributed by atoms with Gasteiger partial charge in [0.05, 0.1) is 30.2 Å². The lowest BCUT2D eigenvalue weighted by atomic mass is 10.1. The van der Waals surface area contributed by atoms with Crippen molar-refractivity contribution < 1.29 is 9.90 Å². The molecule has 0 saturated carbocycles. The van der Waals surface area contributed by atoms with Gasteiger partial charge in [-0.25, -0.2) is 9.48 Å². The Bertz CT molecular complexity index is 877. The van der Waals surface area contributed by atoms with E-state index in [4.69, 9.17) is 0 Å². The molecule has 0 spiro atoms. The lowest BCUT2D eigenvalue weighted by Crippen LogP contribution is -2.36. The number of carbonyl (C=O) groups is 1. The minimum Gasteiger partial charge on any atom is -0.390 e. The average Bonchev–Trinajstić information content (AvgIpc) is 3.25. The zero-order valence-electron chi connectivity index (χ0n) is 13.3. The first kappa shape index (κ1) is 15.3. The fraction of sp³-hybridized carbons (Fsp3) is 0.167. The van der Waals surface area contributed by atoms with E-state index in [2.05, 4.69) is 20.9 Å². The first-order valence-electron chi connectivity index (χ1n) is 8.01. The van der Waals surface area contributed by atoms with Gasteiger partial charge in [-0.3, -0.25) is 0 Å². The molecule has 4 rings (SSSR count). The fourth-order valence-electron chi connectivity index (χ4n) is 3.10. The van der Waals surface area contributed by atoms with Crippen LogP contribution in [0.15, 0.2) is 60.9 Å². The van der Waals surface area contributed by atoms with Crippen LogP contribution in [-0.4, -0.2) is 32.2 Å². The van der Waals surface area contributed by atoms with Crippen molar-refractivity contribution in [3.63, 3.8) is 0 Å². The summed E-state index contributed by atoms with van der Waals surface area (Å²) in [6, 6.07) is 14.3. The molecule has 0 aliphatic heterocycles. The maximum atomic E-state index is 12.3. The van der Waals surface area contributed by atoms with Gasteiger partial charge in [0.1, 0.15) is 0 Å². The first-order valence-corrected chi connectivity index (χ1v) is 8.01. The molecule has 1 aliphatic rings. The number of aromatic nitrogens is 3. The molecule has 3 aromatic rings. The molecule has 0 saturated heterocycles. The summed E-state index contributed by atoms with van der Waals surface area (Å²) in [5, 5.41) is 23.5. The molecular weight excluding hydrogens is 318 g/mol. The third kappa shape index (κ3) is 3.09. The zero-order valence-corrected chi connectivity index (χ0v) is 13.3. The number of aliphatic hydroxyl groups is 1. The van der Waals surface area contributed by atoms with E-state index in [1.54, 1.807) is 29.2 Å². The van der Waals surface area contributed by atoms with Gasteiger partial charge in [0.2, 0.25) is 0 Å². The van der Waals surface area contributed by atoms with Crippen LogP contribution in [0.1, 0.15) is 17.2 Å². The Kier molecular flexibility index (Phi) is 3.91. The van der Waals surface area contributed by atoms with Crippen molar-refractivity contribution in [3.8, 4) is 5.69 Å². The van der Waals surface area contributed by atoms with Crippen LogP contribution < -0.4 is 10.6 Å². The molecule has 25 heavy (non-hydrogen) atoms. The van der Waals surface area contributed by atoms with Crippen LogP contribution in [0.3, 0.4) is 0 Å². The van der Waals surface area contributed by atoms with E-state index in [-0.39, 0.29) is 6.03 Å². The van der Waals surface area contributed by atoms with Gasteiger partial charge in [0, 0.05) is 12.1 Å². The highest BCUT2D eigenvalue weighted by Gasteiger charge is 2.31. The molecule has 1 aliphatic carbocycles. The number of rotatable bonds is 3. The molecule has 2 atom stereocenters. The van der Waals surface area contributed by atoms with E-state index in [0.717, 1.165) is 16.8 Å². The molecule has 7 heteroatoms. The molecule has 0 radical (unpaired) electrons. The number of benzene rings is 2. The second-order valence-corrected chi connectivity index (χ2v) is 5.94. The second kappa shape index (κ2) is 6.37. The number of carbonyl (C=O) groups excluding carboxylic acids is 1. The van der Waals surface area contributed by atoms with Gasteiger partial charge in [0.15, 0.2) is 0 Å². The molecule has 0 fully saturated rings. The molecule has 7 nitrogen and oxygen atoms in total. The summed E-state index contributed by atoms with van der Waals surface area (Å²) < 4.78 is 1.63. The summed E-state index contributed by atoms with van der Waals surface area (Å²) in [5.74, 6) is 0. The van der Waals surface area contributed by atoms with Crippen LogP contribution in [0.2, 0.25) is 0 Å². The van der Waals surface area contributed by atoms with Gasteiger partial charge in [-0.2, -0.15) is 0 Å². The summed E-state index contributed by atoms with van der Waals surface area (Å²) >= 11 is 0. The van der Waals surface area contributed by atoms with Gasteiger partial charge in [0.25, 0.3) is 0 Å². The number of nitrogens with zero attached hydrogens (tertiary/aromatic N) is 3. The van der Waals surface area contributed by atoms with E-state index in [9.17, 15) is 9.90 Å². The highest BCUT2D eigenvalue weighted by atomic mass is 16.3. The third-order valence-corrected chi connectivity index (χ3v) is 4.30. The number of hydrogen-bond donors (Lipinski definition) is 3. The lowest BCUT2D eigenvalue weighted by Gasteiger charge is -2.18. The summed E-state index contributed by atoms with van der Waals surface area (Å²) in [5.41, 5.74) is 3.54. The maximum Gasteiger partial charge on any atom is 0.319 e. The molecule has 0 bridgehead atoms. The maximum absolute atomic E-state index is 12.3. The first-order chi connectivity index (χ1) is 12.2. The summed E-state index contributed by atoms with van der Waals surface area (Å²) in [7, 11) is 0. The van der Waals surface area contributed by atoms with Crippen molar-refractivity contribution >= 4 is 11.7 Å². The van der Waals surface area contributed by atoms with E-state index < -0.39 is 12.1 Å². The third-order valence-electron chi connectivity index (χ3n) is 4.30. The predicted molar refractivity (Wildman–Crippen MR) is 92.4 cm³/mol. The predicted octanol–water partition coefficient (Wildman–Crippen LogP) is 2.05. The number of urea groups is 1. The molecule has 3 N–H and O–H groups in total. The van der Waals surface area contributed by atoms with Gasteiger partial charge < -0.3 is 15.7 Å². The Balaban J connectivity index is 1.42. The minimum atomic E-state index is -0.613. The van der Waals surface area contributed by atoms with Crippen molar-refractivity contribution in [2.45, 2.75) is 18.6 Å². The van der Waals surface area contributed by atoms with Gasteiger partial charge in [-0.15, -0.1) is 5.10 Å². The largest absolute Gasteiger partial charge is 0.390 e. The molecule has 2 amide bonds. The van der Waals surface area contributed by atoms with Crippen molar-refractivity contribution in [2.75, 3.05) is 5.32 Å². The Morgan fingerprint density at radius 3 is 2.72 bits per heavy atom. The van der Waals surface area contributed by atoms with E-state index in [0.29, 0.717) is 12.1 Å². The van der Waals surface area contributed by atoms with Crippen molar-refractivity contribution in [1.82, 2.24) is 20.3 Å². The number of nitrogens with one attached hydrogen (secondary N) is 2. The molecule has 126 valence electrons. The summed E-state index contributed by atoms with van der Waals surface area (Å²) in [6.45, 7) is 0. The lowest BCUT2D eigenvalue weighted by molar-refractivity contribution is 0.144. The highest BCUT2D eigenvalue weighted by molar-refractivity contribution is 5.89. The van der Waals surface area contributed by atoms with E-state index in [1.807, 2.05) is 36.4 Å². The minimum absolute atomic E-state index is 0.353. The van der Waals surface area contributed by atoms with Crippen LogP contribution in [0, 0.1) is 0 Å². The zero-order chi connectivity index (χ0) is 17.2. The van der Waals surface area contributed by atoms with E-state index in [1.165, 1.54) is 0 Å². The van der Waals surface area contributed by atoms with Crippen molar-refractivity contribution in [1.29, 1.82) is 0 Å². The Morgan fingerprint density at radius 1 is 1.16 bits per heavy atom. The number of anilines is 1. The van der Waals surface area contributed by atoms with Crippen LogP contribution in [0.25, 0.3) is 5.69 Å². The highest BCUT2D eigenvalue weighted by Crippen LogP contribution is 2.31. The molecule has 1 aromatic heterocycles. The molecular formula is C18H17N5O2. The number of aliphatic hydroxyl groups excluding tert-OH is 1. The monoisotopic (exact) mass is 335 g/mol. The Morgan fingerprint density at radius 2 is 1.96 bits per heavy atom. The summed E-state index contributed by atoms with van der Waals surface area (Å²) in [4.78, 5) is 12.3. The molecule has 2 aromatic carbocycles. The Labute approximate surface area is 144 Å². The van der Waals surface area contributed by atoms with Gasteiger partial charge in [-0.1, -0.05) is 29.5 Å². The van der Waals surface area contributed by atoms with E-state index >= 15 is 0 Å². The normalized spacial score (nSPS) is 18.6. The Hall–Kier alpha value is -3.19. The second-order valence-electron chi connectivity index (χ2n) is 5.94. The molecule has 1 heterocycles. The smallest absolute Gasteiger partial charge is 0.319 e. The molecule has 2 unspecified atom stereocenters. The average molecular weight is 335 g/mol. The quantitative estimate of drug-likeness (QED) is 0.683. The van der Waals surface area contributed by atoms with Crippen molar-refractivity contribution in [2.24, 2.45) is 0 Å². The van der Waals surface area contributed by atoms with Crippen LogP contribution in [-0.2, 0) is 6.42 Å². The number of fused-ring (bicyclic) bond motifs is 1. The number of hydrogen-bond acceptors (Lipinski definition) is 4. The van der Waals surface area contributed by atoms with Crippen LogP contribution in [0.5, 0.6) is 0 Å². The summed E-state index contributed by atoms with van der Waals surface area (Å²) in [6.07, 6.45) is 3.28. The van der Waals surface area contributed by atoms with Crippen LogP contribution in [0.4, 0.5) is 10.5 Å². The SMILES string of the molecule is O=C(Nc1ccc(-n2ccnn2)cc1)NC1c2ccccc2CC1O.